The van der Waals surface area contributed by atoms with Gasteiger partial charge in [-0.1, -0.05) is 12.1 Å². The van der Waals surface area contributed by atoms with E-state index in [9.17, 15) is 4.79 Å². The van der Waals surface area contributed by atoms with E-state index in [0.717, 1.165) is 0 Å². The van der Waals surface area contributed by atoms with Crippen LogP contribution in [-0.2, 0) is 5.88 Å². The van der Waals surface area contributed by atoms with Gasteiger partial charge in [-0.3, -0.25) is 9.20 Å². The number of alkyl halides is 1. The lowest BCUT2D eigenvalue weighted by molar-refractivity contribution is 1.01. The molecule has 0 atom stereocenters. The van der Waals surface area contributed by atoms with Crippen molar-refractivity contribution in [1.82, 2.24) is 14.4 Å². The number of hydrogen-bond donors (Lipinski definition) is 1. The first kappa shape index (κ1) is 14.0. The van der Waals surface area contributed by atoms with Gasteiger partial charge in [-0.2, -0.15) is 0 Å². The maximum absolute atomic E-state index is 11.4. The lowest BCUT2D eigenvalue weighted by Gasteiger charge is -1.99. The molecule has 0 aliphatic carbocycles. The third-order valence-corrected chi connectivity index (χ3v) is 2.72. The van der Waals surface area contributed by atoms with Gasteiger partial charge < -0.3 is 5.73 Å². The minimum absolute atomic E-state index is 0.0961. The zero-order chi connectivity index (χ0) is 14.4. The Labute approximate surface area is 120 Å². The molecule has 0 saturated heterocycles. The van der Waals surface area contributed by atoms with Crippen molar-refractivity contribution in [2.24, 2.45) is 0 Å². The number of hydrogen-bond acceptors (Lipinski definition) is 4. The Morgan fingerprint density at radius 2 is 2.00 bits per heavy atom. The molecule has 0 bridgehead atoms. The van der Waals surface area contributed by atoms with Gasteiger partial charge in [0.05, 0.1) is 11.6 Å². The van der Waals surface area contributed by atoms with Crippen molar-refractivity contribution in [2.75, 3.05) is 5.73 Å². The molecular formula is C14H13ClN4O. The summed E-state index contributed by atoms with van der Waals surface area (Å²) in [4.78, 5) is 19.4. The van der Waals surface area contributed by atoms with Crippen molar-refractivity contribution >= 4 is 23.1 Å². The minimum Gasteiger partial charge on any atom is -0.384 e. The average Bonchev–Trinajstić information content (AvgIpc) is 2.48. The first-order valence-corrected chi connectivity index (χ1v) is 6.44. The number of pyridine rings is 2. The van der Waals surface area contributed by atoms with Gasteiger partial charge in [-0.05, 0) is 24.3 Å². The molecule has 2 N–H and O–H groups in total. The van der Waals surface area contributed by atoms with Gasteiger partial charge in [-0.15, -0.1) is 11.6 Å². The number of halogens is 1. The van der Waals surface area contributed by atoms with Crippen LogP contribution in [0.25, 0.3) is 5.65 Å². The van der Waals surface area contributed by atoms with Crippen LogP contribution >= 0.6 is 11.6 Å². The summed E-state index contributed by atoms with van der Waals surface area (Å²) in [6.07, 6.45) is 3.35. The Morgan fingerprint density at radius 3 is 2.60 bits per heavy atom. The molecule has 6 heteroatoms. The molecule has 0 aromatic carbocycles. The molecule has 0 aliphatic rings. The molecule has 3 aromatic rings. The van der Waals surface area contributed by atoms with Crippen molar-refractivity contribution in [3.05, 3.63) is 70.9 Å². The van der Waals surface area contributed by atoms with Crippen molar-refractivity contribution in [1.29, 1.82) is 0 Å². The molecule has 0 unspecified atom stereocenters. The zero-order valence-electron chi connectivity index (χ0n) is 10.6. The molecule has 0 fully saturated rings. The largest absolute Gasteiger partial charge is 0.384 e. The second-order valence-corrected chi connectivity index (χ2v) is 4.17. The van der Waals surface area contributed by atoms with Crippen LogP contribution in [0.1, 0.15) is 5.69 Å². The van der Waals surface area contributed by atoms with Crippen LogP contribution < -0.4 is 11.3 Å². The fourth-order valence-corrected chi connectivity index (χ4v) is 1.68. The molecule has 3 aromatic heterocycles. The Bertz CT molecular complexity index is 743. The summed E-state index contributed by atoms with van der Waals surface area (Å²) < 4.78 is 1.48. The van der Waals surface area contributed by atoms with Crippen LogP contribution in [0.3, 0.4) is 0 Å². The number of nitrogen functional groups attached to an aromatic ring is 1. The van der Waals surface area contributed by atoms with E-state index in [4.69, 9.17) is 17.3 Å². The van der Waals surface area contributed by atoms with Crippen LogP contribution in [0.5, 0.6) is 0 Å². The molecule has 0 aliphatic heterocycles. The number of aromatic nitrogens is 3. The first-order chi connectivity index (χ1) is 9.70. The molecule has 0 spiro atoms. The predicted octanol–water partition coefficient (Wildman–Crippen LogP) is 2.10. The van der Waals surface area contributed by atoms with Crippen LogP contribution in [0, 0.1) is 0 Å². The summed E-state index contributed by atoms with van der Waals surface area (Å²) in [6, 6.07) is 12.3. The van der Waals surface area contributed by atoms with Gasteiger partial charge in [-0.25, -0.2) is 9.97 Å². The van der Waals surface area contributed by atoms with Crippen molar-refractivity contribution in [3.63, 3.8) is 0 Å². The second-order valence-electron chi connectivity index (χ2n) is 3.90. The minimum atomic E-state index is -0.0961. The van der Waals surface area contributed by atoms with Gasteiger partial charge in [0.2, 0.25) is 0 Å². The number of nitrogens with two attached hydrogens (primary N) is 1. The predicted molar refractivity (Wildman–Crippen MR) is 79.7 cm³/mol. The molecule has 0 radical (unpaired) electrons. The molecule has 0 amide bonds. The van der Waals surface area contributed by atoms with Gasteiger partial charge in [0, 0.05) is 18.5 Å². The third-order valence-electron chi connectivity index (χ3n) is 2.45. The molecule has 102 valence electrons. The second kappa shape index (κ2) is 6.68. The highest BCUT2D eigenvalue weighted by Gasteiger charge is 1.98. The Kier molecular flexibility index (Phi) is 4.68. The van der Waals surface area contributed by atoms with Gasteiger partial charge in [0.1, 0.15) is 11.5 Å². The van der Waals surface area contributed by atoms with Crippen LogP contribution in [0.15, 0.2) is 59.7 Å². The maximum Gasteiger partial charge on any atom is 0.258 e. The van der Waals surface area contributed by atoms with E-state index < -0.39 is 0 Å². The van der Waals surface area contributed by atoms with E-state index in [-0.39, 0.29) is 11.4 Å². The smallest absolute Gasteiger partial charge is 0.258 e. The molecule has 0 saturated carbocycles. The first-order valence-electron chi connectivity index (χ1n) is 5.90. The van der Waals surface area contributed by atoms with Gasteiger partial charge in [0.25, 0.3) is 5.56 Å². The van der Waals surface area contributed by atoms with E-state index in [2.05, 4.69) is 9.97 Å². The van der Waals surface area contributed by atoms with Gasteiger partial charge >= 0.3 is 0 Å². The molecular weight excluding hydrogens is 276 g/mol. The van der Waals surface area contributed by atoms with E-state index in [1.807, 2.05) is 18.2 Å². The quantitative estimate of drug-likeness (QED) is 0.696. The number of anilines is 1. The van der Waals surface area contributed by atoms with E-state index >= 15 is 0 Å². The summed E-state index contributed by atoms with van der Waals surface area (Å²) >= 11 is 5.59. The fourth-order valence-electron chi connectivity index (χ4n) is 1.55. The SMILES string of the molecule is Nc1ccccn1.O=c1cc(CCl)nc2ccccn12. The van der Waals surface area contributed by atoms with Crippen molar-refractivity contribution in [3.8, 4) is 0 Å². The maximum atomic E-state index is 11.4. The Balaban J connectivity index is 0.000000178. The highest BCUT2D eigenvalue weighted by Crippen LogP contribution is 2.00. The van der Waals surface area contributed by atoms with Crippen LogP contribution in [0.4, 0.5) is 5.82 Å². The van der Waals surface area contributed by atoms with Crippen LogP contribution in [-0.4, -0.2) is 14.4 Å². The Hall–Kier alpha value is -2.40. The normalized spacial score (nSPS) is 9.85. The monoisotopic (exact) mass is 288 g/mol. The highest BCUT2D eigenvalue weighted by molar-refractivity contribution is 6.16. The number of nitrogens with zero attached hydrogens (tertiary/aromatic N) is 3. The zero-order valence-corrected chi connectivity index (χ0v) is 11.4. The summed E-state index contributed by atoms with van der Waals surface area (Å²) in [5.74, 6) is 0.836. The molecule has 20 heavy (non-hydrogen) atoms. The summed E-state index contributed by atoms with van der Waals surface area (Å²) in [6.45, 7) is 0. The molecule has 3 heterocycles. The standard InChI is InChI=1S/C9H7ClN2O.C5H6N2/c10-6-7-5-9(13)12-4-2-1-3-8(12)11-7;6-5-3-1-2-4-7-5/h1-5H,6H2;1-4H,(H2,6,7). The highest BCUT2D eigenvalue weighted by atomic mass is 35.5. The molecule has 5 nitrogen and oxygen atoms in total. The average molecular weight is 289 g/mol. The lowest BCUT2D eigenvalue weighted by atomic mass is 10.4. The summed E-state index contributed by atoms with van der Waals surface area (Å²) in [5.41, 5.74) is 6.39. The Morgan fingerprint density at radius 1 is 1.20 bits per heavy atom. The lowest BCUT2D eigenvalue weighted by Crippen LogP contribution is -2.14. The van der Waals surface area contributed by atoms with E-state index in [1.54, 1.807) is 30.6 Å². The van der Waals surface area contributed by atoms with Crippen molar-refractivity contribution < 1.29 is 0 Å². The third kappa shape index (κ3) is 3.55. The topological polar surface area (TPSA) is 73.3 Å². The summed E-state index contributed by atoms with van der Waals surface area (Å²) in [7, 11) is 0. The number of rotatable bonds is 1. The van der Waals surface area contributed by atoms with E-state index in [1.165, 1.54) is 10.5 Å². The summed E-state index contributed by atoms with van der Waals surface area (Å²) in [5, 5.41) is 0. The van der Waals surface area contributed by atoms with Crippen molar-refractivity contribution in [2.45, 2.75) is 5.88 Å². The molecule has 3 rings (SSSR count). The van der Waals surface area contributed by atoms with Gasteiger partial charge in [0.15, 0.2) is 0 Å². The fraction of sp³-hybridized carbons (Fsp3) is 0.0714. The number of fused-ring (bicyclic) bond motifs is 1. The van der Waals surface area contributed by atoms with Crippen LogP contribution in [0.2, 0.25) is 0 Å². The van der Waals surface area contributed by atoms with E-state index in [0.29, 0.717) is 17.2 Å².